The first kappa shape index (κ1) is 17.7. The summed E-state index contributed by atoms with van der Waals surface area (Å²) in [5, 5.41) is 5.26. The lowest BCUT2D eigenvalue weighted by atomic mass is 10.0. The molecule has 2 aliphatic rings. The number of carbonyl (C=O) groups is 4. The van der Waals surface area contributed by atoms with Gasteiger partial charge in [0.25, 0.3) is 11.8 Å². The number of piperidine rings is 1. The summed E-state index contributed by atoms with van der Waals surface area (Å²) in [5.74, 6) is -1.20. The second-order valence-electron chi connectivity index (χ2n) is 6.59. The summed E-state index contributed by atoms with van der Waals surface area (Å²) in [7, 11) is 0. The van der Waals surface area contributed by atoms with Crippen LogP contribution in [0.5, 0.6) is 0 Å². The number of anilines is 2. The lowest BCUT2D eigenvalue weighted by Gasteiger charge is -2.27. The van der Waals surface area contributed by atoms with Gasteiger partial charge in [-0.15, -0.1) is 0 Å². The Labute approximate surface area is 159 Å². The first-order valence-electron chi connectivity index (χ1n) is 8.75. The van der Waals surface area contributed by atoms with Crippen molar-refractivity contribution in [2.24, 2.45) is 0 Å². The molecule has 0 saturated carbocycles. The average molecular weight is 379 g/mol. The summed E-state index contributed by atoms with van der Waals surface area (Å²) in [6, 6.07) is 9.14. The van der Waals surface area contributed by atoms with E-state index in [9.17, 15) is 19.2 Å². The fourth-order valence-corrected chi connectivity index (χ4v) is 3.47. The van der Waals surface area contributed by atoms with E-state index in [1.54, 1.807) is 36.4 Å². The van der Waals surface area contributed by atoms with Gasteiger partial charge in [-0.3, -0.25) is 29.4 Å². The van der Waals surface area contributed by atoms with Gasteiger partial charge >= 0.3 is 0 Å². The molecule has 1 atom stereocenters. The monoisotopic (exact) mass is 379 g/mol. The predicted octanol–water partition coefficient (Wildman–Crippen LogP) is 0.677. The molecule has 4 rings (SSSR count). The number of pyridine rings is 1. The number of fused-ring (bicyclic) bond motifs is 1. The second-order valence-corrected chi connectivity index (χ2v) is 6.59. The number of hydrogen-bond acceptors (Lipinski definition) is 7. The SMILES string of the molecule is Nc1cccc(NCc2cccc3c2C(=O)N(C2CCC(=O)NC2=O)C3=O)n1. The summed E-state index contributed by atoms with van der Waals surface area (Å²) in [5.41, 5.74) is 6.77. The Morgan fingerprint density at radius 1 is 1.11 bits per heavy atom. The maximum absolute atomic E-state index is 13.0. The maximum Gasteiger partial charge on any atom is 0.262 e. The number of carbonyl (C=O) groups excluding carboxylic acids is 4. The topological polar surface area (TPSA) is 134 Å². The fraction of sp³-hybridized carbons (Fsp3) is 0.211. The highest BCUT2D eigenvalue weighted by atomic mass is 16.2. The van der Waals surface area contributed by atoms with Crippen LogP contribution in [0, 0.1) is 0 Å². The first-order valence-corrected chi connectivity index (χ1v) is 8.75. The average Bonchev–Trinajstić information content (AvgIpc) is 2.92. The highest BCUT2D eigenvalue weighted by molar-refractivity contribution is 6.24. The van der Waals surface area contributed by atoms with E-state index >= 15 is 0 Å². The largest absolute Gasteiger partial charge is 0.384 e. The van der Waals surface area contributed by atoms with E-state index in [1.807, 2.05) is 0 Å². The van der Waals surface area contributed by atoms with Gasteiger partial charge in [-0.25, -0.2) is 4.98 Å². The number of nitrogens with zero attached hydrogens (tertiary/aromatic N) is 2. The minimum absolute atomic E-state index is 0.0827. The van der Waals surface area contributed by atoms with Crippen molar-refractivity contribution in [2.75, 3.05) is 11.1 Å². The van der Waals surface area contributed by atoms with Gasteiger partial charge in [0.2, 0.25) is 11.8 Å². The van der Waals surface area contributed by atoms with E-state index in [0.29, 0.717) is 17.2 Å². The van der Waals surface area contributed by atoms with E-state index in [2.05, 4.69) is 15.6 Å². The number of rotatable bonds is 4. The number of nitrogen functional groups attached to an aromatic ring is 1. The van der Waals surface area contributed by atoms with Gasteiger partial charge in [0, 0.05) is 13.0 Å². The standard InChI is InChI=1S/C19H17N5O4/c20-13-5-2-6-14(22-13)21-9-10-3-1-4-11-16(10)19(28)24(18(11)27)12-7-8-15(25)23-17(12)26/h1-6,12H,7-9H2,(H3,20,21,22)(H,23,25,26). The van der Waals surface area contributed by atoms with Crippen LogP contribution in [0.2, 0.25) is 0 Å². The van der Waals surface area contributed by atoms with Gasteiger partial charge in [-0.1, -0.05) is 18.2 Å². The number of imide groups is 2. The second kappa shape index (κ2) is 6.76. The Bertz CT molecular complexity index is 1020. The number of nitrogens with two attached hydrogens (primary N) is 1. The molecule has 0 aliphatic carbocycles. The third-order valence-corrected chi connectivity index (χ3v) is 4.78. The number of benzene rings is 1. The molecule has 9 nitrogen and oxygen atoms in total. The Kier molecular flexibility index (Phi) is 4.26. The molecule has 1 fully saturated rings. The molecule has 0 bridgehead atoms. The van der Waals surface area contributed by atoms with Gasteiger partial charge in [-0.2, -0.15) is 0 Å². The van der Waals surface area contributed by atoms with Crippen molar-refractivity contribution >= 4 is 35.3 Å². The van der Waals surface area contributed by atoms with Crippen molar-refractivity contribution in [2.45, 2.75) is 25.4 Å². The Hall–Kier alpha value is -3.75. The third-order valence-electron chi connectivity index (χ3n) is 4.78. The summed E-state index contributed by atoms with van der Waals surface area (Å²) in [4.78, 5) is 54.4. The molecule has 1 aromatic carbocycles. The molecule has 9 heteroatoms. The molecule has 1 saturated heterocycles. The van der Waals surface area contributed by atoms with Gasteiger partial charge in [0.15, 0.2) is 0 Å². The normalized spacial score (nSPS) is 18.9. The Balaban J connectivity index is 1.61. The summed E-state index contributed by atoms with van der Waals surface area (Å²) in [6.07, 6.45) is 0.205. The molecule has 142 valence electrons. The predicted molar refractivity (Wildman–Crippen MR) is 99.1 cm³/mol. The van der Waals surface area contributed by atoms with Crippen LogP contribution in [0.3, 0.4) is 0 Å². The van der Waals surface area contributed by atoms with Crippen molar-refractivity contribution in [1.82, 2.24) is 15.2 Å². The van der Waals surface area contributed by atoms with Crippen LogP contribution < -0.4 is 16.4 Å². The van der Waals surface area contributed by atoms with Crippen molar-refractivity contribution < 1.29 is 19.2 Å². The third kappa shape index (κ3) is 2.96. The van der Waals surface area contributed by atoms with Gasteiger partial charge in [-0.05, 0) is 30.2 Å². The molecule has 0 radical (unpaired) electrons. The van der Waals surface area contributed by atoms with Crippen LogP contribution in [-0.4, -0.2) is 39.6 Å². The zero-order chi connectivity index (χ0) is 19.8. The minimum Gasteiger partial charge on any atom is -0.384 e. The number of amides is 4. The number of aromatic nitrogens is 1. The molecule has 2 aliphatic heterocycles. The molecular weight excluding hydrogens is 362 g/mol. The number of nitrogens with one attached hydrogen (secondary N) is 2. The molecule has 1 unspecified atom stereocenters. The Morgan fingerprint density at radius 3 is 2.64 bits per heavy atom. The summed E-state index contributed by atoms with van der Waals surface area (Å²) < 4.78 is 0. The highest BCUT2D eigenvalue weighted by Crippen LogP contribution is 2.30. The quantitative estimate of drug-likeness (QED) is 0.665. The zero-order valence-electron chi connectivity index (χ0n) is 14.8. The lowest BCUT2D eigenvalue weighted by molar-refractivity contribution is -0.136. The van der Waals surface area contributed by atoms with Gasteiger partial charge in [0.05, 0.1) is 11.1 Å². The van der Waals surface area contributed by atoms with Crippen LogP contribution >= 0.6 is 0 Å². The van der Waals surface area contributed by atoms with Crippen molar-refractivity contribution in [3.8, 4) is 0 Å². The molecule has 28 heavy (non-hydrogen) atoms. The molecule has 4 N–H and O–H groups in total. The van der Waals surface area contributed by atoms with E-state index in [4.69, 9.17) is 5.73 Å². The van der Waals surface area contributed by atoms with Crippen molar-refractivity contribution in [3.05, 3.63) is 53.1 Å². The zero-order valence-corrected chi connectivity index (χ0v) is 14.8. The van der Waals surface area contributed by atoms with Gasteiger partial charge in [0.1, 0.15) is 17.7 Å². The molecule has 3 heterocycles. The van der Waals surface area contributed by atoms with Crippen LogP contribution in [0.25, 0.3) is 0 Å². The smallest absolute Gasteiger partial charge is 0.262 e. The molecule has 2 aromatic rings. The van der Waals surface area contributed by atoms with Gasteiger partial charge < -0.3 is 11.1 Å². The van der Waals surface area contributed by atoms with Crippen molar-refractivity contribution in [3.63, 3.8) is 0 Å². The summed E-state index contributed by atoms with van der Waals surface area (Å²) in [6.45, 7) is 0.252. The molecule has 0 spiro atoms. The fourth-order valence-electron chi connectivity index (χ4n) is 3.47. The maximum atomic E-state index is 13.0. The van der Waals surface area contributed by atoms with E-state index in [1.165, 1.54) is 0 Å². The van der Waals surface area contributed by atoms with Crippen molar-refractivity contribution in [1.29, 1.82) is 0 Å². The van der Waals surface area contributed by atoms with E-state index < -0.39 is 29.7 Å². The molecule has 1 aromatic heterocycles. The van der Waals surface area contributed by atoms with Crippen LogP contribution in [0.4, 0.5) is 11.6 Å². The number of hydrogen-bond donors (Lipinski definition) is 3. The van der Waals surface area contributed by atoms with Crippen LogP contribution in [-0.2, 0) is 16.1 Å². The lowest BCUT2D eigenvalue weighted by Crippen LogP contribution is -2.54. The van der Waals surface area contributed by atoms with E-state index in [-0.39, 0.29) is 30.5 Å². The molecule has 4 amide bonds. The minimum atomic E-state index is -0.985. The highest BCUT2D eigenvalue weighted by Gasteiger charge is 2.45. The summed E-state index contributed by atoms with van der Waals surface area (Å²) >= 11 is 0. The first-order chi connectivity index (χ1) is 13.5. The van der Waals surface area contributed by atoms with Crippen LogP contribution in [0.15, 0.2) is 36.4 Å². The molecular formula is C19H17N5O4. The van der Waals surface area contributed by atoms with E-state index in [0.717, 1.165) is 4.90 Å². The Morgan fingerprint density at radius 2 is 1.89 bits per heavy atom. The van der Waals surface area contributed by atoms with Crippen LogP contribution in [0.1, 0.15) is 39.1 Å².